The van der Waals surface area contributed by atoms with E-state index >= 15 is 0 Å². The first-order valence-corrected chi connectivity index (χ1v) is 6.68. The van der Waals surface area contributed by atoms with E-state index in [0.717, 1.165) is 5.56 Å². The Morgan fingerprint density at radius 3 is 2.90 bits per heavy atom. The van der Waals surface area contributed by atoms with Gasteiger partial charge in [0.15, 0.2) is 5.11 Å². The molecule has 0 saturated heterocycles. The van der Waals surface area contributed by atoms with Crippen LogP contribution >= 0.6 is 12.2 Å². The van der Waals surface area contributed by atoms with Crippen LogP contribution in [0.25, 0.3) is 0 Å². The third kappa shape index (κ3) is 2.91. The molecule has 0 spiro atoms. The standard InChI is InChI=1S/C14H16N2O3S/c1-3-19-13(18)11-8(2)15-14(20)16-12(11)9-5-4-6-10(17)7-9/h4-7,12,17H,3H2,1-2H3,(H2,15,16,20)/t12-/m0/s1. The molecule has 0 fully saturated rings. The van der Waals surface area contributed by atoms with Crippen LogP contribution in [-0.2, 0) is 9.53 Å². The third-order valence-electron chi connectivity index (χ3n) is 2.97. The van der Waals surface area contributed by atoms with Crippen molar-refractivity contribution in [3.63, 3.8) is 0 Å². The minimum atomic E-state index is -0.435. The van der Waals surface area contributed by atoms with E-state index in [9.17, 15) is 9.90 Å². The molecule has 106 valence electrons. The Morgan fingerprint density at radius 2 is 2.25 bits per heavy atom. The summed E-state index contributed by atoms with van der Waals surface area (Å²) in [7, 11) is 0. The molecule has 3 N–H and O–H groups in total. The van der Waals surface area contributed by atoms with Gasteiger partial charge in [0.2, 0.25) is 0 Å². The summed E-state index contributed by atoms with van der Waals surface area (Å²) in [6.07, 6.45) is 0. The van der Waals surface area contributed by atoms with Crippen LogP contribution in [0.3, 0.4) is 0 Å². The monoisotopic (exact) mass is 292 g/mol. The number of ether oxygens (including phenoxy) is 1. The maximum absolute atomic E-state index is 12.1. The van der Waals surface area contributed by atoms with Gasteiger partial charge in [0.1, 0.15) is 5.75 Å². The number of benzene rings is 1. The highest BCUT2D eigenvalue weighted by atomic mass is 32.1. The summed E-state index contributed by atoms with van der Waals surface area (Å²) in [5, 5.41) is 16.0. The number of thiocarbonyl (C=S) groups is 1. The topological polar surface area (TPSA) is 70.6 Å². The molecule has 1 aromatic rings. The fraction of sp³-hybridized carbons (Fsp3) is 0.286. The molecule has 5 nitrogen and oxygen atoms in total. The molecule has 1 heterocycles. The summed E-state index contributed by atoms with van der Waals surface area (Å²) < 4.78 is 5.09. The summed E-state index contributed by atoms with van der Waals surface area (Å²) in [5.74, 6) is -0.268. The number of rotatable bonds is 3. The van der Waals surface area contributed by atoms with E-state index < -0.39 is 12.0 Å². The number of hydrogen-bond donors (Lipinski definition) is 3. The maximum Gasteiger partial charge on any atom is 0.338 e. The summed E-state index contributed by atoms with van der Waals surface area (Å²) in [4.78, 5) is 12.1. The molecule has 0 aliphatic carbocycles. The van der Waals surface area contributed by atoms with Crippen LogP contribution in [0.4, 0.5) is 0 Å². The van der Waals surface area contributed by atoms with Gasteiger partial charge in [0, 0.05) is 5.70 Å². The predicted molar refractivity (Wildman–Crippen MR) is 79.1 cm³/mol. The van der Waals surface area contributed by atoms with Gasteiger partial charge < -0.3 is 20.5 Å². The fourth-order valence-corrected chi connectivity index (χ4v) is 2.40. The van der Waals surface area contributed by atoms with Crippen LogP contribution in [0.1, 0.15) is 25.5 Å². The van der Waals surface area contributed by atoms with Crippen molar-refractivity contribution in [2.75, 3.05) is 6.61 Å². The molecule has 1 aliphatic rings. The van der Waals surface area contributed by atoms with E-state index in [0.29, 0.717) is 23.0 Å². The molecule has 0 amide bonds. The van der Waals surface area contributed by atoms with Crippen molar-refractivity contribution in [1.29, 1.82) is 0 Å². The van der Waals surface area contributed by atoms with Crippen molar-refractivity contribution in [2.45, 2.75) is 19.9 Å². The maximum atomic E-state index is 12.1. The zero-order chi connectivity index (χ0) is 14.7. The highest BCUT2D eigenvalue weighted by molar-refractivity contribution is 7.80. The smallest absolute Gasteiger partial charge is 0.338 e. The Hall–Kier alpha value is -2.08. The van der Waals surface area contributed by atoms with E-state index in [1.807, 2.05) is 6.07 Å². The Bertz CT molecular complexity index is 584. The van der Waals surface area contributed by atoms with Crippen LogP contribution in [0.5, 0.6) is 5.75 Å². The molecule has 20 heavy (non-hydrogen) atoms. The van der Waals surface area contributed by atoms with Gasteiger partial charge in [-0.2, -0.15) is 0 Å². The van der Waals surface area contributed by atoms with Gasteiger partial charge in [0.05, 0.1) is 18.2 Å². The predicted octanol–water partition coefficient (Wildman–Crippen LogP) is 1.75. The first kappa shape index (κ1) is 14.3. The van der Waals surface area contributed by atoms with Crippen molar-refractivity contribution in [3.05, 3.63) is 41.1 Å². The molecule has 2 rings (SSSR count). The molecule has 6 heteroatoms. The molecule has 0 aromatic heterocycles. The first-order chi connectivity index (χ1) is 9.52. The van der Waals surface area contributed by atoms with E-state index in [2.05, 4.69) is 10.6 Å². The van der Waals surface area contributed by atoms with Crippen LogP contribution in [-0.4, -0.2) is 22.8 Å². The van der Waals surface area contributed by atoms with Crippen LogP contribution in [0.15, 0.2) is 35.5 Å². The molecule has 0 bridgehead atoms. The minimum Gasteiger partial charge on any atom is -0.508 e. The number of phenols is 1. The zero-order valence-corrected chi connectivity index (χ0v) is 12.1. The Morgan fingerprint density at radius 1 is 1.50 bits per heavy atom. The lowest BCUT2D eigenvalue weighted by molar-refractivity contribution is -0.139. The minimum absolute atomic E-state index is 0.134. The van der Waals surface area contributed by atoms with Gasteiger partial charge in [-0.15, -0.1) is 0 Å². The van der Waals surface area contributed by atoms with Crippen molar-refractivity contribution in [2.24, 2.45) is 0 Å². The second-order valence-corrected chi connectivity index (χ2v) is 4.79. The van der Waals surface area contributed by atoms with Gasteiger partial charge in [0.25, 0.3) is 0 Å². The van der Waals surface area contributed by atoms with Crippen LogP contribution < -0.4 is 10.6 Å². The van der Waals surface area contributed by atoms with E-state index in [1.54, 1.807) is 32.0 Å². The Labute approximate surface area is 122 Å². The Balaban J connectivity index is 2.44. The van der Waals surface area contributed by atoms with Gasteiger partial charge in [-0.25, -0.2) is 4.79 Å². The number of carbonyl (C=O) groups excluding carboxylic acids is 1. The van der Waals surface area contributed by atoms with E-state index in [4.69, 9.17) is 17.0 Å². The largest absolute Gasteiger partial charge is 0.508 e. The van der Waals surface area contributed by atoms with E-state index in [-0.39, 0.29) is 5.75 Å². The van der Waals surface area contributed by atoms with Crippen LogP contribution in [0, 0.1) is 0 Å². The molecule has 1 atom stereocenters. The second kappa shape index (κ2) is 5.92. The molecule has 0 saturated carbocycles. The summed E-state index contributed by atoms with van der Waals surface area (Å²) in [6.45, 7) is 3.83. The molecule has 1 aliphatic heterocycles. The zero-order valence-electron chi connectivity index (χ0n) is 11.3. The van der Waals surface area contributed by atoms with Crippen molar-refractivity contribution in [3.8, 4) is 5.75 Å². The molecular formula is C14H16N2O3S. The van der Waals surface area contributed by atoms with Gasteiger partial charge in [-0.3, -0.25) is 0 Å². The first-order valence-electron chi connectivity index (χ1n) is 6.27. The van der Waals surface area contributed by atoms with E-state index in [1.165, 1.54) is 0 Å². The molecule has 1 aromatic carbocycles. The average molecular weight is 292 g/mol. The average Bonchev–Trinajstić information content (AvgIpc) is 2.37. The number of carbonyl (C=O) groups is 1. The summed E-state index contributed by atoms with van der Waals surface area (Å²) in [6, 6.07) is 6.27. The molecule has 0 unspecified atom stereocenters. The molecular weight excluding hydrogens is 276 g/mol. The van der Waals surface area contributed by atoms with Crippen molar-refractivity contribution in [1.82, 2.24) is 10.6 Å². The number of nitrogens with one attached hydrogen (secondary N) is 2. The molecule has 0 radical (unpaired) electrons. The summed E-state index contributed by atoms with van der Waals surface area (Å²) >= 11 is 5.13. The van der Waals surface area contributed by atoms with Crippen molar-refractivity contribution < 1.29 is 14.6 Å². The van der Waals surface area contributed by atoms with Gasteiger partial charge in [-0.05, 0) is 43.8 Å². The third-order valence-corrected chi connectivity index (χ3v) is 3.19. The highest BCUT2D eigenvalue weighted by Crippen LogP contribution is 2.29. The van der Waals surface area contributed by atoms with Gasteiger partial charge in [-0.1, -0.05) is 12.1 Å². The number of phenolic OH excluding ortho intramolecular Hbond substituents is 1. The number of aromatic hydroxyl groups is 1. The van der Waals surface area contributed by atoms with Crippen molar-refractivity contribution >= 4 is 23.3 Å². The Kier molecular flexibility index (Phi) is 4.24. The lowest BCUT2D eigenvalue weighted by Crippen LogP contribution is -2.45. The number of allylic oxidation sites excluding steroid dienone is 1. The normalized spacial score (nSPS) is 18.3. The van der Waals surface area contributed by atoms with Gasteiger partial charge >= 0.3 is 5.97 Å². The lowest BCUT2D eigenvalue weighted by Gasteiger charge is -2.29. The number of hydrogen-bond acceptors (Lipinski definition) is 4. The number of esters is 1. The van der Waals surface area contributed by atoms with Crippen LogP contribution in [0.2, 0.25) is 0 Å². The second-order valence-electron chi connectivity index (χ2n) is 4.39. The quantitative estimate of drug-likeness (QED) is 0.582. The summed E-state index contributed by atoms with van der Waals surface area (Å²) in [5.41, 5.74) is 1.86. The fourth-order valence-electron chi connectivity index (χ4n) is 2.13. The highest BCUT2D eigenvalue weighted by Gasteiger charge is 2.30. The lowest BCUT2D eigenvalue weighted by atomic mass is 9.95. The SMILES string of the molecule is CCOC(=O)C1=C(C)NC(=S)N[C@H]1c1cccc(O)c1.